The molecule has 2 N–H and O–H groups in total. The number of methoxy groups -OCH3 is 1. The largest absolute Gasteiger partial charge is 0.377 e. The Morgan fingerprint density at radius 3 is 2.71 bits per heavy atom. The molecule has 2 rings (SSSR count). The van der Waals surface area contributed by atoms with E-state index in [4.69, 9.17) is 4.74 Å². The number of hydrogen-bond acceptors (Lipinski definition) is 5. The number of aromatic nitrogens is 2. The Kier molecular flexibility index (Phi) is 5.79. The normalized spacial score (nSPS) is 25.6. The van der Waals surface area contributed by atoms with E-state index in [1.807, 2.05) is 6.07 Å². The summed E-state index contributed by atoms with van der Waals surface area (Å²) in [4.78, 5) is 9.02. The zero-order chi connectivity index (χ0) is 15.2. The molecule has 1 aromatic heterocycles. The van der Waals surface area contributed by atoms with Gasteiger partial charge in [-0.2, -0.15) is 0 Å². The number of nitrogens with one attached hydrogen (secondary N) is 2. The summed E-state index contributed by atoms with van der Waals surface area (Å²) in [6.45, 7) is 8.03. The van der Waals surface area contributed by atoms with Crippen molar-refractivity contribution < 1.29 is 4.74 Å². The lowest BCUT2D eigenvalue weighted by atomic mass is 9.78. The van der Waals surface area contributed by atoms with Gasteiger partial charge in [0.25, 0.3) is 0 Å². The summed E-state index contributed by atoms with van der Waals surface area (Å²) in [6, 6.07) is 2.49. The van der Waals surface area contributed by atoms with Gasteiger partial charge in [-0.25, -0.2) is 9.97 Å². The highest BCUT2D eigenvalue weighted by molar-refractivity contribution is 5.48. The number of nitrogens with zero attached hydrogens (tertiary/aromatic N) is 2. The quantitative estimate of drug-likeness (QED) is 0.842. The Bertz CT molecular complexity index is 428. The van der Waals surface area contributed by atoms with E-state index in [-0.39, 0.29) is 0 Å². The molecule has 0 aromatic carbocycles. The highest BCUT2D eigenvalue weighted by atomic mass is 16.5. The van der Waals surface area contributed by atoms with Crippen molar-refractivity contribution >= 4 is 11.6 Å². The third-order valence-corrected chi connectivity index (χ3v) is 4.44. The van der Waals surface area contributed by atoms with E-state index in [0.29, 0.717) is 18.6 Å². The first-order valence-electron chi connectivity index (χ1n) is 8.01. The zero-order valence-corrected chi connectivity index (χ0v) is 13.6. The molecule has 5 heteroatoms. The molecule has 1 fully saturated rings. The van der Waals surface area contributed by atoms with E-state index in [1.165, 1.54) is 19.3 Å². The average molecular weight is 292 g/mol. The molecule has 1 heterocycles. The van der Waals surface area contributed by atoms with Crippen LogP contribution >= 0.6 is 0 Å². The van der Waals surface area contributed by atoms with Crippen LogP contribution in [0.5, 0.6) is 0 Å². The fourth-order valence-electron chi connectivity index (χ4n) is 3.01. The van der Waals surface area contributed by atoms with E-state index in [1.54, 1.807) is 7.11 Å². The number of anilines is 2. The fourth-order valence-corrected chi connectivity index (χ4v) is 3.01. The predicted molar refractivity (Wildman–Crippen MR) is 86.5 cm³/mol. The van der Waals surface area contributed by atoms with Crippen LogP contribution in [0.25, 0.3) is 0 Å². The van der Waals surface area contributed by atoms with Gasteiger partial charge in [0.05, 0.1) is 0 Å². The Morgan fingerprint density at radius 1 is 1.24 bits per heavy atom. The van der Waals surface area contributed by atoms with Crippen LogP contribution < -0.4 is 10.6 Å². The van der Waals surface area contributed by atoms with E-state index in [9.17, 15) is 0 Å². The summed E-state index contributed by atoms with van der Waals surface area (Å²) < 4.78 is 5.16. The zero-order valence-electron chi connectivity index (χ0n) is 13.6. The van der Waals surface area contributed by atoms with Crippen molar-refractivity contribution in [3.8, 4) is 0 Å². The SMILES string of the molecule is CCNc1cc(NC2CCCC(C)C2C)nc(COC)n1. The van der Waals surface area contributed by atoms with Crippen LogP contribution in [0.3, 0.4) is 0 Å². The summed E-state index contributed by atoms with van der Waals surface area (Å²) >= 11 is 0. The minimum atomic E-state index is 0.435. The van der Waals surface area contributed by atoms with Gasteiger partial charge >= 0.3 is 0 Å². The second-order valence-corrected chi connectivity index (χ2v) is 6.04. The van der Waals surface area contributed by atoms with Crippen molar-refractivity contribution in [1.82, 2.24) is 9.97 Å². The van der Waals surface area contributed by atoms with Gasteiger partial charge in [0.15, 0.2) is 5.82 Å². The van der Waals surface area contributed by atoms with E-state index < -0.39 is 0 Å². The summed E-state index contributed by atoms with van der Waals surface area (Å²) in [5, 5.41) is 6.87. The van der Waals surface area contributed by atoms with Gasteiger partial charge in [-0.1, -0.05) is 26.7 Å². The molecule has 1 aliphatic rings. The van der Waals surface area contributed by atoms with Gasteiger partial charge in [0.1, 0.15) is 18.2 Å². The molecule has 5 nitrogen and oxygen atoms in total. The molecule has 0 spiro atoms. The third kappa shape index (κ3) is 4.30. The number of hydrogen-bond donors (Lipinski definition) is 2. The van der Waals surface area contributed by atoms with Crippen LogP contribution in [0.1, 0.15) is 45.9 Å². The highest BCUT2D eigenvalue weighted by Gasteiger charge is 2.27. The smallest absolute Gasteiger partial charge is 0.158 e. The molecule has 3 atom stereocenters. The molecule has 1 aromatic rings. The predicted octanol–water partition coefficient (Wildman–Crippen LogP) is 3.29. The summed E-state index contributed by atoms with van der Waals surface area (Å²) in [7, 11) is 1.67. The van der Waals surface area contributed by atoms with Crippen LogP contribution in [-0.2, 0) is 11.3 Å². The second kappa shape index (κ2) is 7.59. The summed E-state index contributed by atoms with van der Waals surface area (Å²) in [6.07, 6.45) is 3.84. The van der Waals surface area contributed by atoms with Gasteiger partial charge in [-0.15, -0.1) is 0 Å². The molecule has 0 amide bonds. The molecule has 3 unspecified atom stereocenters. The van der Waals surface area contributed by atoms with Crippen LogP contribution in [0.2, 0.25) is 0 Å². The Labute approximate surface area is 127 Å². The van der Waals surface area contributed by atoms with Gasteiger partial charge in [0, 0.05) is 25.8 Å². The summed E-state index contributed by atoms with van der Waals surface area (Å²) in [5.41, 5.74) is 0. The van der Waals surface area contributed by atoms with E-state index in [0.717, 1.165) is 29.9 Å². The molecular weight excluding hydrogens is 264 g/mol. The minimum absolute atomic E-state index is 0.435. The molecule has 0 aliphatic heterocycles. The van der Waals surface area contributed by atoms with Crippen molar-refractivity contribution in [3.63, 3.8) is 0 Å². The molecule has 0 radical (unpaired) electrons. The molecule has 21 heavy (non-hydrogen) atoms. The summed E-state index contributed by atoms with van der Waals surface area (Å²) in [5.74, 6) is 3.92. The van der Waals surface area contributed by atoms with Crippen LogP contribution in [0.15, 0.2) is 6.07 Å². The van der Waals surface area contributed by atoms with Gasteiger partial charge in [0.2, 0.25) is 0 Å². The minimum Gasteiger partial charge on any atom is -0.377 e. The molecule has 118 valence electrons. The van der Waals surface area contributed by atoms with Crippen LogP contribution in [0, 0.1) is 11.8 Å². The van der Waals surface area contributed by atoms with Crippen molar-refractivity contribution in [2.75, 3.05) is 24.3 Å². The van der Waals surface area contributed by atoms with Gasteiger partial charge in [-0.3, -0.25) is 0 Å². The number of rotatable bonds is 6. The highest BCUT2D eigenvalue weighted by Crippen LogP contribution is 2.31. The maximum atomic E-state index is 5.16. The first-order valence-corrected chi connectivity index (χ1v) is 8.01. The second-order valence-electron chi connectivity index (χ2n) is 6.04. The molecule has 0 saturated heterocycles. The standard InChI is InChI=1S/C16H28N4O/c1-5-17-14-9-15(20-16(19-14)10-21-4)18-13-8-6-7-11(2)12(13)3/h9,11-13H,5-8,10H2,1-4H3,(H2,17,18,19,20). The van der Waals surface area contributed by atoms with Crippen molar-refractivity contribution in [2.45, 2.75) is 52.7 Å². The van der Waals surface area contributed by atoms with E-state index in [2.05, 4.69) is 41.4 Å². The molecular formula is C16H28N4O. The molecule has 0 bridgehead atoms. The fraction of sp³-hybridized carbons (Fsp3) is 0.750. The first kappa shape index (κ1) is 16.0. The number of ether oxygens (including phenoxy) is 1. The topological polar surface area (TPSA) is 59.1 Å². The van der Waals surface area contributed by atoms with Crippen molar-refractivity contribution in [3.05, 3.63) is 11.9 Å². The maximum Gasteiger partial charge on any atom is 0.158 e. The Balaban J connectivity index is 2.13. The van der Waals surface area contributed by atoms with Gasteiger partial charge < -0.3 is 15.4 Å². The Hall–Kier alpha value is -1.36. The van der Waals surface area contributed by atoms with Gasteiger partial charge in [-0.05, 0) is 25.2 Å². The Morgan fingerprint density at radius 2 is 2.00 bits per heavy atom. The third-order valence-electron chi connectivity index (χ3n) is 4.44. The maximum absolute atomic E-state index is 5.16. The lowest BCUT2D eigenvalue weighted by molar-refractivity contribution is 0.178. The van der Waals surface area contributed by atoms with E-state index >= 15 is 0 Å². The first-order chi connectivity index (χ1) is 10.1. The molecule has 1 saturated carbocycles. The monoisotopic (exact) mass is 292 g/mol. The van der Waals surface area contributed by atoms with Crippen molar-refractivity contribution in [1.29, 1.82) is 0 Å². The lowest BCUT2D eigenvalue weighted by Crippen LogP contribution is -2.35. The molecule has 1 aliphatic carbocycles. The average Bonchev–Trinajstić information content (AvgIpc) is 2.44. The van der Waals surface area contributed by atoms with Crippen molar-refractivity contribution in [2.24, 2.45) is 11.8 Å². The van der Waals surface area contributed by atoms with Crippen LogP contribution in [0.4, 0.5) is 11.6 Å². The van der Waals surface area contributed by atoms with Crippen LogP contribution in [-0.4, -0.2) is 29.7 Å². The lowest BCUT2D eigenvalue weighted by Gasteiger charge is -2.35.